The highest BCUT2D eigenvalue weighted by Crippen LogP contribution is 2.21. The Hall–Kier alpha value is -1.73. The number of rotatable bonds is 8. The van der Waals surface area contributed by atoms with Gasteiger partial charge in [-0.1, -0.05) is 0 Å². The van der Waals surface area contributed by atoms with Gasteiger partial charge in [0.05, 0.1) is 24.5 Å². The number of hydrogen-bond donors (Lipinski definition) is 1. The zero-order chi connectivity index (χ0) is 14.1. The Morgan fingerprint density at radius 2 is 2.11 bits per heavy atom. The van der Waals surface area contributed by atoms with E-state index in [0.717, 1.165) is 37.4 Å². The molecule has 0 aliphatic heterocycles. The van der Waals surface area contributed by atoms with Crippen LogP contribution in [0.4, 0.5) is 5.69 Å². The second kappa shape index (κ2) is 8.39. The molecule has 19 heavy (non-hydrogen) atoms. The van der Waals surface area contributed by atoms with Gasteiger partial charge in [0, 0.05) is 19.2 Å². The van der Waals surface area contributed by atoms with Crippen LogP contribution in [0, 0.1) is 11.3 Å². The Kier molecular flexibility index (Phi) is 6.76. The highest BCUT2D eigenvalue weighted by atomic mass is 16.5. The smallest absolute Gasteiger partial charge is 0.121 e. The molecule has 0 aliphatic rings. The lowest BCUT2D eigenvalue weighted by Crippen LogP contribution is -2.07. The van der Waals surface area contributed by atoms with Crippen LogP contribution >= 0.6 is 0 Å². The van der Waals surface area contributed by atoms with Gasteiger partial charge in [0.1, 0.15) is 11.8 Å². The molecule has 0 saturated heterocycles. The highest BCUT2D eigenvalue weighted by Gasteiger charge is 2.03. The molecule has 0 bridgehead atoms. The highest BCUT2D eigenvalue weighted by molar-refractivity contribution is 5.60. The van der Waals surface area contributed by atoms with E-state index in [9.17, 15) is 0 Å². The number of hydrogen-bond acceptors (Lipinski definition) is 4. The number of ether oxygens (including phenoxy) is 2. The van der Waals surface area contributed by atoms with Gasteiger partial charge in [-0.05, 0) is 38.8 Å². The second-order valence-electron chi connectivity index (χ2n) is 4.58. The van der Waals surface area contributed by atoms with Gasteiger partial charge in [-0.25, -0.2) is 0 Å². The third-order valence-corrected chi connectivity index (χ3v) is 2.68. The fraction of sp³-hybridized carbons (Fsp3) is 0.533. The van der Waals surface area contributed by atoms with Crippen LogP contribution in [0.5, 0.6) is 5.75 Å². The molecule has 0 fully saturated rings. The van der Waals surface area contributed by atoms with Crippen LogP contribution < -0.4 is 10.1 Å². The Bertz CT molecular complexity index is 425. The topological polar surface area (TPSA) is 54.3 Å². The van der Waals surface area contributed by atoms with Crippen molar-refractivity contribution >= 4 is 5.69 Å². The van der Waals surface area contributed by atoms with E-state index in [1.807, 2.05) is 19.9 Å². The molecule has 0 amide bonds. The average Bonchev–Trinajstić information content (AvgIpc) is 2.42. The van der Waals surface area contributed by atoms with Crippen LogP contribution in [0.1, 0.15) is 32.3 Å². The standard InChI is InChI=1S/C15H22N2O2/c1-12(2)19-9-5-4-8-17-15-10-14(18-3)7-6-13(15)11-16/h6-7,10,12,17H,4-5,8-9H2,1-3H3. The molecular formula is C15H22N2O2. The number of nitrogens with one attached hydrogen (secondary N) is 1. The molecule has 1 N–H and O–H groups in total. The zero-order valence-electron chi connectivity index (χ0n) is 11.9. The first kappa shape index (κ1) is 15.3. The van der Waals surface area contributed by atoms with Crippen molar-refractivity contribution in [3.63, 3.8) is 0 Å². The molecule has 1 aromatic rings. The molecule has 0 aromatic heterocycles. The van der Waals surface area contributed by atoms with Crippen LogP contribution in [0.25, 0.3) is 0 Å². The first-order chi connectivity index (χ1) is 9.17. The summed E-state index contributed by atoms with van der Waals surface area (Å²) in [6.45, 7) is 5.67. The van der Waals surface area contributed by atoms with Crippen LogP contribution in [-0.2, 0) is 4.74 Å². The Morgan fingerprint density at radius 1 is 1.32 bits per heavy atom. The SMILES string of the molecule is COc1ccc(C#N)c(NCCCCOC(C)C)c1. The fourth-order valence-electron chi connectivity index (χ4n) is 1.66. The minimum atomic E-state index is 0.288. The lowest BCUT2D eigenvalue weighted by molar-refractivity contribution is 0.0765. The lowest BCUT2D eigenvalue weighted by Gasteiger charge is -2.10. The van der Waals surface area contributed by atoms with Crippen molar-refractivity contribution < 1.29 is 9.47 Å². The maximum absolute atomic E-state index is 9.03. The minimum absolute atomic E-state index is 0.288. The molecule has 4 nitrogen and oxygen atoms in total. The van der Waals surface area contributed by atoms with Crippen molar-refractivity contribution in [1.29, 1.82) is 5.26 Å². The first-order valence-electron chi connectivity index (χ1n) is 6.61. The van der Waals surface area contributed by atoms with E-state index in [0.29, 0.717) is 5.56 Å². The first-order valence-corrected chi connectivity index (χ1v) is 6.61. The Labute approximate surface area is 115 Å². The number of methoxy groups -OCH3 is 1. The summed E-state index contributed by atoms with van der Waals surface area (Å²) in [5.74, 6) is 0.754. The predicted molar refractivity (Wildman–Crippen MR) is 76.5 cm³/mol. The van der Waals surface area contributed by atoms with Crippen LogP contribution in [0.15, 0.2) is 18.2 Å². The third-order valence-electron chi connectivity index (χ3n) is 2.68. The van der Waals surface area contributed by atoms with Crippen molar-refractivity contribution in [3.8, 4) is 11.8 Å². The number of anilines is 1. The van der Waals surface area contributed by atoms with E-state index < -0.39 is 0 Å². The Morgan fingerprint density at radius 3 is 2.74 bits per heavy atom. The molecule has 0 spiro atoms. The van der Waals surface area contributed by atoms with Crippen molar-refractivity contribution in [3.05, 3.63) is 23.8 Å². The molecular weight excluding hydrogens is 240 g/mol. The monoisotopic (exact) mass is 262 g/mol. The lowest BCUT2D eigenvalue weighted by atomic mass is 10.2. The van der Waals surface area contributed by atoms with Gasteiger partial charge in [-0.2, -0.15) is 5.26 Å². The van der Waals surface area contributed by atoms with Gasteiger partial charge in [-0.15, -0.1) is 0 Å². The van der Waals surface area contributed by atoms with Crippen molar-refractivity contribution in [1.82, 2.24) is 0 Å². The molecule has 1 aromatic carbocycles. The van der Waals surface area contributed by atoms with Crippen molar-refractivity contribution in [2.45, 2.75) is 32.8 Å². The molecule has 1 rings (SSSR count). The van der Waals surface area contributed by atoms with E-state index in [1.165, 1.54) is 0 Å². The Balaban J connectivity index is 2.38. The molecule has 0 aliphatic carbocycles. The average molecular weight is 262 g/mol. The number of nitrogens with zero attached hydrogens (tertiary/aromatic N) is 1. The molecule has 0 heterocycles. The number of nitriles is 1. The van der Waals surface area contributed by atoms with E-state index in [-0.39, 0.29) is 6.10 Å². The molecule has 0 atom stereocenters. The summed E-state index contributed by atoms with van der Waals surface area (Å²) in [6, 6.07) is 7.58. The summed E-state index contributed by atoms with van der Waals surface area (Å²) in [6.07, 6.45) is 2.31. The van der Waals surface area contributed by atoms with Gasteiger partial charge >= 0.3 is 0 Å². The van der Waals surface area contributed by atoms with E-state index in [2.05, 4.69) is 11.4 Å². The van der Waals surface area contributed by atoms with Gasteiger partial charge in [0.25, 0.3) is 0 Å². The zero-order valence-corrected chi connectivity index (χ0v) is 11.9. The van der Waals surface area contributed by atoms with Crippen LogP contribution in [0.3, 0.4) is 0 Å². The minimum Gasteiger partial charge on any atom is -0.497 e. The van der Waals surface area contributed by atoms with Gasteiger partial charge in [0.2, 0.25) is 0 Å². The summed E-state index contributed by atoms with van der Waals surface area (Å²) in [5.41, 5.74) is 1.46. The van der Waals surface area contributed by atoms with Gasteiger partial charge in [-0.3, -0.25) is 0 Å². The van der Waals surface area contributed by atoms with Gasteiger partial charge in [0.15, 0.2) is 0 Å². The van der Waals surface area contributed by atoms with Crippen LogP contribution in [0.2, 0.25) is 0 Å². The van der Waals surface area contributed by atoms with E-state index in [4.69, 9.17) is 14.7 Å². The maximum atomic E-state index is 9.03. The van der Waals surface area contributed by atoms with Crippen molar-refractivity contribution in [2.75, 3.05) is 25.6 Å². The van der Waals surface area contributed by atoms with Gasteiger partial charge < -0.3 is 14.8 Å². The summed E-state index contributed by atoms with van der Waals surface area (Å²) in [5, 5.41) is 12.3. The molecule has 104 valence electrons. The summed E-state index contributed by atoms with van der Waals surface area (Å²) in [7, 11) is 1.62. The maximum Gasteiger partial charge on any atom is 0.121 e. The summed E-state index contributed by atoms with van der Waals surface area (Å²) < 4.78 is 10.6. The second-order valence-corrected chi connectivity index (χ2v) is 4.58. The quantitative estimate of drug-likeness (QED) is 0.731. The third kappa shape index (κ3) is 5.62. The predicted octanol–water partition coefficient (Wildman–Crippen LogP) is 3.18. The number of unbranched alkanes of at least 4 members (excludes halogenated alkanes) is 1. The largest absolute Gasteiger partial charge is 0.497 e. The number of benzene rings is 1. The summed E-state index contributed by atoms with van der Waals surface area (Å²) >= 11 is 0. The fourth-order valence-corrected chi connectivity index (χ4v) is 1.66. The normalized spacial score (nSPS) is 10.3. The van der Waals surface area contributed by atoms with Crippen molar-refractivity contribution in [2.24, 2.45) is 0 Å². The molecule has 4 heteroatoms. The van der Waals surface area contributed by atoms with E-state index in [1.54, 1.807) is 19.2 Å². The molecule has 0 radical (unpaired) electrons. The molecule has 0 unspecified atom stereocenters. The van der Waals surface area contributed by atoms with E-state index >= 15 is 0 Å². The molecule has 0 saturated carbocycles. The summed E-state index contributed by atoms with van der Waals surface area (Å²) in [4.78, 5) is 0. The van der Waals surface area contributed by atoms with Crippen LogP contribution in [-0.4, -0.2) is 26.4 Å².